The van der Waals surface area contributed by atoms with Crippen LogP contribution in [0.3, 0.4) is 0 Å². The second-order valence-electron chi connectivity index (χ2n) is 6.88. The molecule has 1 aromatic heterocycles. The third-order valence-corrected chi connectivity index (χ3v) is 3.87. The minimum Gasteiger partial charge on any atom is -0.359 e. The second-order valence-corrected chi connectivity index (χ2v) is 6.88. The largest absolute Gasteiger partial charge is 0.359 e. The molecule has 1 aromatic rings. The number of nitrogens with one attached hydrogen (secondary N) is 1. The molecule has 0 unspecified atom stereocenters. The number of halogens is 1. The number of aliphatic imine (C=N–C) groups is 1. The van der Waals surface area contributed by atoms with Crippen LogP contribution in [0.25, 0.3) is 0 Å². The van der Waals surface area contributed by atoms with Crippen LogP contribution < -0.4 is 5.32 Å². The molecule has 0 spiro atoms. The predicted molar refractivity (Wildman–Crippen MR) is 101 cm³/mol. The molecule has 126 valence electrons. The van der Waals surface area contributed by atoms with E-state index in [0.29, 0.717) is 17.9 Å². The molecule has 5 nitrogen and oxygen atoms in total. The Hall–Kier alpha value is -0.790. The van der Waals surface area contributed by atoms with E-state index in [-0.39, 0.29) is 24.0 Å². The van der Waals surface area contributed by atoms with Crippen molar-refractivity contribution < 1.29 is 4.52 Å². The van der Waals surface area contributed by atoms with Gasteiger partial charge in [-0.1, -0.05) is 32.9 Å². The van der Waals surface area contributed by atoms with Crippen LogP contribution in [-0.2, 0) is 6.54 Å². The minimum absolute atomic E-state index is 0. The van der Waals surface area contributed by atoms with Crippen LogP contribution in [0.2, 0.25) is 0 Å². The van der Waals surface area contributed by atoms with Crippen molar-refractivity contribution in [3.8, 4) is 0 Å². The lowest BCUT2D eigenvalue weighted by atomic mass is 9.93. The molecule has 0 bridgehead atoms. The Morgan fingerprint density at radius 2 is 2.23 bits per heavy atom. The summed E-state index contributed by atoms with van der Waals surface area (Å²) in [6.07, 6.45) is 1.21. The number of nitrogens with zero attached hydrogens (tertiary/aromatic N) is 3. The van der Waals surface area contributed by atoms with Crippen molar-refractivity contribution in [3.05, 3.63) is 17.5 Å². The Morgan fingerprint density at radius 3 is 2.73 bits per heavy atom. The zero-order chi connectivity index (χ0) is 15.5. The van der Waals surface area contributed by atoms with Crippen molar-refractivity contribution in [2.45, 2.75) is 53.5 Å². The third kappa shape index (κ3) is 5.14. The molecule has 0 radical (unpaired) electrons. The lowest BCUT2D eigenvalue weighted by Gasteiger charge is -2.23. The highest BCUT2D eigenvalue weighted by molar-refractivity contribution is 14.0. The van der Waals surface area contributed by atoms with E-state index in [2.05, 4.69) is 50.0 Å². The van der Waals surface area contributed by atoms with Crippen LogP contribution >= 0.6 is 24.0 Å². The van der Waals surface area contributed by atoms with Gasteiger partial charge in [-0.05, 0) is 24.7 Å². The molecule has 2 heterocycles. The summed E-state index contributed by atoms with van der Waals surface area (Å²) in [7, 11) is 0. The Kier molecular flexibility index (Phi) is 7.15. The highest BCUT2D eigenvalue weighted by atomic mass is 127. The van der Waals surface area contributed by atoms with Crippen molar-refractivity contribution >= 4 is 29.9 Å². The zero-order valence-corrected chi connectivity index (χ0v) is 16.7. The third-order valence-electron chi connectivity index (χ3n) is 3.87. The summed E-state index contributed by atoms with van der Waals surface area (Å²) in [5.41, 5.74) is 1.36. The fraction of sp³-hybridized carbons (Fsp3) is 0.750. The van der Waals surface area contributed by atoms with Crippen LogP contribution in [0.15, 0.2) is 15.6 Å². The number of hydrogen-bond donors (Lipinski definition) is 1. The zero-order valence-electron chi connectivity index (χ0n) is 14.3. The maximum Gasteiger partial charge on any atom is 0.194 e. The molecule has 1 fully saturated rings. The molecule has 1 saturated heterocycles. The van der Waals surface area contributed by atoms with E-state index < -0.39 is 0 Å². The molecule has 1 aliphatic heterocycles. The van der Waals surface area contributed by atoms with Crippen molar-refractivity contribution in [2.75, 3.05) is 19.6 Å². The first-order chi connectivity index (χ1) is 9.91. The van der Waals surface area contributed by atoms with E-state index in [1.54, 1.807) is 0 Å². The highest BCUT2D eigenvalue weighted by Crippen LogP contribution is 2.28. The van der Waals surface area contributed by atoms with Gasteiger partial charge in [0.2, 0.25) is 0 Å². The summed E-state index contributed by atoms with van der Waals surface area (Å²) in [6.45, 7) is 14.5. The highest BCUT2D eigenvalue weighted by Gasteiger charge is 2.30. The van der Waals surface area contributed by atoms with Gasteiger partial charge in [0.05, 0.1) is 5.69 Å². The summed E-state index contributed by atoms with van der Waals surface area (Å²) in [6, 6.07) is 2.01. The maximum atomic E-state index is 5.35. The smallest absolute Gasteiger partial charge is 0.194 e. The van der Waals surface area contributed by atoms with Gasteiger partial charge in [-0.15, -0.1) is 24.0 Å². The van der Waals surface area contributed by atoms with Gasteiger partial charge in [0.15, 0.2) is 11.7 Å². The van der Waals surface area contributed by atoms with Crippen LogP contribution in [0, 0.1) is 5.41 Å². The Bertz CT molecular complexity index is 496. The lowest BCUT2D eigenvalue weighted by molar-refractivity contribution is 0.365. The summed E-state index contributed by atoms with van der Waals surface area (Å²) in [4.78, 5) is 7.04. The average molecular weight is 420 g/mol. The quantitative estimate of drug-likeness (QED) is 0.460. The van der Waals surface area contributed by atoms with Gasteiger partial charge >= 0.3 is 0 Å². The Morgan fingerprint density at radius 1 is 1.50 bits per heavy atom. The second kappa shape index (κ2) is 8.17. The molecule has 0 amide bonds. The fourth-order valence-electron chi connectivity index (χ4n) is 2.55. The summed E-state index contributed by atoms with van der Waals surface area (Å²) < 4.78 is 5.35. The molecule has 0 aliphatic carbocycles. The van der Waals surface area contributed by atoms with Crippen molar-refractivity contribution in [1.29, 1.82) is 0 Å². The summed E-state index contributed by atoms with van der Waals surface area (Å²) in [5, 5.41) is 7.46. The summed E-state index contributed by atoms with van der Waals surface area (Å²) >= 11 is 0. The fourth-order valence-corrected chi connectivity index (χ4v) is 2.55. The van der Waals surface area contributed by atoms with Gasteiger partial charge in [0, 0.05) is 25.7 Å². The van der Waals surface area contributed by atoms with E-state index in [1.807, 2.05) is 6.07 Å². The standard InChI is InChI=1S/C16H28N4O.HI/c1-6-17-15(20-8-7-16(4,5)11-20)18-10-13-9-14(12(2)3)19-21-13;/h9,12H,6-8,10-11H2,1-5H3,(H,17,18);1H. The van der Waals surface area contributed by atoms with Gasteiger partial charge in [-0.25, -0.2) is 4.99 Å². The molecule has 22 heavy (non-hydrogen) atoms. The monoisotopic (exact) mass is 420 g/mol. The van der Waals surface area contributed by atoms with Gasteiger partial charge < -0.3 is 14.7 Å². The van der Waals surface area contributed by atoms with Crippen LogP contribution in [0.5, 0.6) is 0 Å². The maximum absolute atomic E-state index is 5.35. The molecular formula is C16H29IN4O. The number of likely N-dealkylation sites (tertiary alicyclic amines) is 1. The molecule has 2 rings (SSSR count). The van der Waals surface area contributed by atoms with Gasteiger partial charge in [0.25, 0.3) is 0 Å². The van der Waals surface area contributed by atoms with Crippen molar-refractivity contribution in [3.63, 3.8) is 0 Å². The first kappa shape index (κ1) is 19.3. The van der Waals surface area contributed by atoms with Crippen LogP contribution in [0.1, 0.15) is 58.4 Å². The lowest BCUT2D eigenvalue weighted by Crippen LogP contribution is -2.40. The summed E-state index contributed by atoms with van der Waals surface area (Å²) in [5.74, 6) is 2.19. The van der Waals surface area contributed by atoms with Gasteiger partial charge in [-0.3, -0.25) is 0 Å². The molecule has 6 heteroatoms. The normalized spacial score (nSPS) is 17.7. The number of guanidine groups is 1. The number of rotatable bonds is 4. The molecule has 1 N–H and O–H groups in total. The molecule has 0 atom stereocenters. The van der Waals surface area contributed by atoms with Gasteiger partial charge in [0.1, 0.15) is 6.54 Å². The Labute approximate surface area is 150 Å². The number of hydrogen-bond acceptors (Lipinski definition) is 3. The SMILES string of the molecule is CCNC(=NCc1cc(C(C)C)no1)N1CCC(C)(C)C1.I. The van der Waals surface area contributed by atoms with E-state index >= 15 is 0 Å². The van der Waals surface area contributed by atoms with E-state index in [9.17, 15) is 0 Å². The molecular weight excluding hydrogens is 391 g/mol. The number of aromatic nitrogens is 1. The van der Waals surface area contributed by atoms with Gasteiger partial charge in [-0.2, -0.15) is 0 Å². The first-order valence-electron chi connectivity index (χ1n) is 7.90. The average Bonchev–Trinajstić information content (AvgIpc) is 3.01. The molecule has 0 saturated carbocycles. The Balaban J connectivity index is 0.00000242. The predicted octanol–water partition coefficient (Wildman–Crippen LogP) is 3.61. The van der Waals surface area contributed by atoms with E-state index in [4.69, 9.17) is 9.52 Å². The topological polar surface area (TPSA) is 53.7 Å². The van der Waals surface area contributed by atoms with E-state index in [1.165, 1.54) is 6.42 Å². The van der Waals surface area contributed by atoms with Crippen LogP contribution in [0.4, 0.5) is 0 Å². The van der Waals surface area contributed by atoms with Crippen LogP contribution in [-0.4, -0.2) is 35.7 Å². The van der Waals surface area contributed by atoms with E-state index in [0.717, 1.165) is 37.0 Å². The van der Waals surface area contributed by atoms with Crippen molar-refractivity contribution in [2.24, 2.45) is 10.4 Å². The van der Waals surface area contributed by atoms with Crippen molar-refractivity contribution in [1.82, 2.24) is 15.4 Å². The minimum atomic E-state index is 0. The molecule has 0 aromatic carbocycles. The molecule has 1 aliphatic rings. The first-order valence-corrected chi connectivity index (χ1v) is 7.90.